The molecule has 0 atom stereocenters. The molecule has 0 spiro atoms. The highest BCUT2D eigenvalue weighted by Crippen LogP contribution is 2.42. The molecule has 10 rings (SSSR count). The fourth-order valence-corrected chi connectivity index (χ4v) is 6.97. The number of hydrogen-bond acceptors (Lipinski definition) is 5. The van der Waals surface area contributed by atoms with Gasteiger partial charge in [0.15, 0.2) is 17.5 Å². The van der Waals surface area contributed by atoms with E-state index in [-0.39, 0.29) is 0 Å². The van der Waals surface area contributed by atoms with E-state index >= 15 is 0 Å². The van der Waals surface area contributed by atoms with Crippen molar-refractivity contribution in [1.29, 1.82) is 0 Å². The van der Waals surface area contributed by atoms with Crippen LogP contribution < -0.4 is 0 Å². The van der Waals surface area contributed by atoms with Crippen LogP contribution in [-0.4, -0.2) is 15.0 Å². The Morgan fingerprint density at radius 1 is 0.320 bits per heavy atom. The standard InChI is InChI=1S/C45H27N3O2/c1-3-12-28(13-4-1)30-16-9-17-31(26-30)44-46-43(29-14-5-2-6-15-29)47-45(48-44)32-24-25-33-35-20-10-21-36(42(35)50-40(33)27-32)34-19-11-23-39-41(34)37-18-7-8-22-38(37)49-39/h1-27H. The smallest absolute Gasteiger partial charge is 0.164 e. The molecular formula is C45H27N3O2. The molecule has 0 aliphatic carbocycles. The monoisotopic (exact) mass is 641 g/mol. The lowest BCUT2D eigenvalue weighted by Gasteiger charge is -2.09. The second kappa shape index (κ2) is 11.4. The maximum Gasteiger partial charge on any atom is 0.164 e. The van der Waals surface area contributed by atoms with Gasteiger partial charge in [0, 0.05) is 43.8 Å². The first kappa shape index (κ1) is 28.2. The topological polar surface area (TPSA) is 65.0 Å². The van der Waals surface area contributed by atoms with Crippen molar-refractivity contribution >= 4 is 43.9 Å². The third-order valence-corrected chi connectivity index (χ3v) is 9.35. The first-order valence-electron chi connectivity index (χ1n) is 16.6. The summed E-state index contributed by atoms with van der Waals surface area (Å²) < 4.78 is 12.9. The Morgan fingerprint density at radius 2 is 0.900 bits per heavy atom. The van der Waals surface area contributed by atoms with Crippen LogP contribution in [0.25, 0.3) is 100 Å². The highest BCUT2D eigenvalue weighted by Gasteiger charge is 2.19. The van der Waals surface area contributed by atoms with E-state index in [1.54, 1.807) is 0 Å². The Hall–Kier alpha value is -6.85. The normalized spacial score (nSPS) is 11.6. The molecule has 0 saturated carbocycles. The van der Waals surface area contributed by atoms with E-state index in [0.29, 0.717) is 17.5 Å². The predicted octanol–water partition coefficient (Wildman–Crippen LogP) is 12.0. The number of nitrogens with zero attached hydrogens (tertiary/aromatic N) is 3. The molecule has 5 heteroatoms. The van der Waals surface area contributed by atoms with E-state index in [9.17, 15) is 0 Å². The average molecular weight is 642 g/mol. The fourth-order valence-electron chi connectivity index (χ4n) is 6.97. The van der Waals surface area contributed by atoms with Gasteiger partial charge in [-0.25, -0.2) is 15.0 Å². The molecule has 7 aromatic carbocycles. The summed E-state index contributed by atoms with van der Waals surface area (Å²) >= 11 is 0. The van der Waals surface area contributed by atoms with Crippen LogP contribution in [0.3, 0.4) is 0 Å². The summed E-state index contributed by atoms with van der Waals surface area (Å²) in [6.07, 6.45) is 0. The molecule has 0 bridgehead atoms. The first-order valence-corrected chi connectivity index (χ1v) is 16.6. The lowest BCUT2D eigenvalue weighted by atomic mass is 9.97. The Labute approximate surface area is 287 Å². The van der Waals surface area contributed by atoms with Gasteiger partial charge >= 0.3 is 0 Å². The lowest BCUT2D eigenvalue weighted by Crippen LogP contribution is -2.00. The maximum absolute atomic E-state index is 6.73. The molecule has 0 amide bonds. The van der Waals surface area contributed by atoms with Crippen LogP contribution in [0.1, 0.15) is 0 Å². The average Bonchev–Trinajstić information content (AvgIpc) is 3.77. The zero-order valence-electron chi connectivity index (χ0n) is 26.7. The number of benzene rings is 7. The Morgan fingerprint density at radius 3 is 1.72 bits per heavy atom. The molecule has 3 aromatic heterocycles. The van der Waals surface area contributed by atoms with Gasteiger partial charge in [0.05, 0.1) is 0 Å². The Kier molecular flexibility index (Phi) is 6.42. The summed E-state index contributed by atoms with van der Waals surface area (Å²) in [6.45, 7) is 0. The SMILES string of the molecule is c1ccc(-c2cccc(-c3nc(-c4ccccc4)nc(-c4ccc5c(c4)oc4c(-c6cccc7oc8ccccc8c67)cccc45)n3)c2)cc1. The number of para-hydroxylation sites is 2. The molecule has 234 valence electrons. The maximum atomic E-state index is 6.73. The molecule has 10 aromatic rings. The van der Waals surface area contributed by atoms with Crippen molar-refractivity contribution in [2.75, 3.05) is 0 Å². The molecule has 3 heterocycles. The van der Waals surface area contributed by atoms with E-state index in [4.69, 9.17) is 23.8 Å². The summed E-state index contributed by atoms with van der Waals surface area (Å²) in [5.74, 6) is 1.80. The first-order chi connectivity index (χ1) is 24.8. The minimum Gasteiger partial charge on any atom is -0.456 e. The molecule has 0 unspecified atom stereocenters. The van der Waals surface area contributed by atoms with Gasteiger partial charge in [0.25, 0.3) is 0 Å². The number of hydrogen-bond donors (Lipinski definition) is 0. The van der Waals surface area contributed by atoms with Crippen molar-refractivity contribution in [3.8, 4) is 56.4 Å². The van der Waals surface area contributed by atoms with Gasteiger partial charge < -0.3 is 8.83 Å². The van der Waals surface area contributed by atoms with Crippen molar-refractivity contribution in [2.45, 2.75) is 0 Å². The van der Waals surface area contributed by atoms with E-state index in [2.05, 4.69) is 66.7 Å². The van der Waals surface area contributed by atoms with Crippen molar-refractivity contribution in [1.82, 2.24) is 15.0 Å². The number of furan rings is 2. The van der Waals surface area contributed by atoms with Crippen LogP contribution in [-0.2, 0) is 0 Å². The number of fused-ring (bicyclic) bond motifs is 6. The fraction of sp³-hybridized carbons (Fsp3) is 0. The van der Waals surface area contributed by atoms with Gasteiger partial charge in [0.2, 0.25) is 0 Å². The van der Waals surface area contributed by atoms with Crippen LogP contribution in [0.2, 0.25) is 0 Å². The summed E-state index contributed by atoms with van der Waals surface area (Å²) in [6, 6.07) is 55.7. The van der Waals surface area contributed by atoms with Gasteiger partial charge in [-0.05, 0) is 47.0 Å². The molecule has 0 saturated heterocycles. The van der Waals surface area contributed by atoms with Crippen molar-refractivity contribution in [3.05, 3.63) is 164 Å². The molecule has 50 heavy (non-hydrogen) atoms. The second-order valence-corrected chi connectivity index (χ2v) is 12.4. The molecule has 0 aliphatic rings. The number of aromatic nitrogens is 3. The summed E-state index contributed by atoms with van der Waals surface area (Å²) in [5, 5.41) is 4.25. The van der Waals surface area contributed by atoms with Gasteiger partial charge in [0.1, 0.15) is 22.3 Å². The van der Waals surface area contributed by atoms with Gasteiger partial charge in [-0.15, -0.1) is 0 Å². The van der Waals surface area contributed by atoms with Gasteiger partial charge in [-0.1, -0.05) is 133 Å². The highest BCUT2D eigenvalue weighted by atomic mass is 16.3. The van der Waals surface area contributed by atoms with Crippen LogP contribution in [0, 0.1) is 0 Å². The third-order valence-electron chi connectivity index (χ3n) is 9.35. The predicted molar refractivity (Wildman–Crippen MR) is 202 cm³/mol. The molecule has 0 radical (unpaired) electrons. The van der Waals surface area contributed by atoms with Crippen molar-refractivity contribution < 1.29 is 8.83 Å². The van der Waals surface area contributed by atoms with E-state index in [1.807, 2.05) is 97.1 Å². The minimum atomic E-state index is 0.580. The zero-order chi connectivity index (χ0) is 33.0. The molecule has 0 N–H and O–H groups in total. The highest BCUT2D eigenvalue weighted by molar-refractivity contribution is 6.17. The van der Waals surface area contributed by atoms with Crippen molar-refractivity contribution in [2.24, 2.45) is 0 Å². The van der Waals surface area contributed by atoms with Crippen molar-refractivity contribution in [3.63, 3.8) is 0 Å². The summed E-state index contributed by atoms with van der Waals surface area (Å²) in [7, 11) is 0. The van der Waals surface area contributed by atoms with Gasteiger partial charge in [-0.2, -0.15) is 0 Å². The second-order valence-electron chi connectivity index (χ2n) is 12.4. The van der Waals surface area contributed by atoms with Crippen LogP contribution in [0.15, 0.2) is 173 Å². The van der Waals surface area contributed by atoms with E-state index < -0.39 is 0 Å². The quantitative estimate of drug-likeness (QED) is 0.187. The largest absolute Gasteiger partial charge is 0.456 e. The van der Waals surface area contributed by atoms with Crippen LogP contribution in [0.4, 0.5) is 0 Å². The van der Waals surface area contributed by atoms with Crippen LogP contribution in [0.5, 0.6) is 0 Å². The third kappa shape index (κ3) is 4.67. The Balaban J connectivity index is 1.13. The van der Waals surface area contributed by atoms with E-state index in [0.717, 1.165) is 82.8 Å². The minimum absolute atomic E-state index is 0.580. The van der Waals surface area contributed by atoms with E-state index in [1.165, 1.54) is 0 Å². The zero-order valence-corrected chi connectivity index (χ0v) is 26.7. The van der Waals surface area contributed by atoms with Crippen LogP contribution >= 0.6 is 0 Å². The summed E-state index contributed by atoms with van der Waals surface area (Å²) in [4.78, 5) is 15.0. The molecule has 5 nitrogen and oxygen atoms in total. The number of rotatable bonds is 5. The Bertz CT molecular complexity index is 2870. The molecule has 0 fully saturated rings. The van der Waals surface area contributed by atoms with Gasteiger partial charge in [-0.3, -0.25) is 0 Å². The lowest BCUT2D eigenvalue weighted by molar-refractivity contribution is 0.668. The molecular weight excluding hydrogens is 615 g/mol. The summed E-state index contributed by atoms with van der Waals surface area (Å²) in [5.41, 5.74) is 10.3. The molecule has 0 aliphatic heterocycles.